The monoisotopic (exact) mass is 478 g/mol. The Morgan fingerprint density at radius 2 is 1.97 bits per heavy atom. The Kier molecular flexibility index (Phi) is 6.46. The number of pyridine rings is 1. The second kappa shape index (κ2) is 9.49. The summed E-state index contributed by atoms with van der Waals surface area (Å²) in [7, 11) is 1.73. The van der Waals surface area contributed by atoms with Gasteiger partial charge in [0.25, 0.3) is 5.56 Å². The Morgan fingerprint density at radius 3 is 2.63 bits per heavy atom. The third kappa shape index (κ3) is 5.11. The Hall–Kier alpha value is -4.34. The number of halogens is 2. The van der Waals surface area contributed by atoms with Crippen LogP contribution in [0.15, 0.2) is 71.5 Å². The SMILES string of the molecule is CCNc1ncc2cn(C3=C/C(=C/NC)C(=N)C=C3)c(=O)c(-c3ccc(OC(C)(F)F)cc3)c2n1. The van der Waals surface area contributed by atoms with Gasteiger partial charge in [-0.15, -0.1) is 0 Å². The van der Waals surface area contributed by atoms with E-state index in [1.54, 1.807) is 56.0 Å². The molecule has 0 amide bonds. The molecule has 0 fully saturated rings. The molecule has 0 spiro atoms. The largest absolute Gasteiger partial charge is 0.433 e. The molecule has 0 saturated carbocycles. The zero-order valence-corrected chi connectivity index (χ0v) is 19.4. The summed E-state index contributed by atoms with van der Waals surface area (Å²) in [6, 6.07) is 5.86. The van der Waals surface area contributed by atoms with E-state index in [0.29, 0.717) is 52.9 Å². The van der Waals surface area contributed by atoms with E-state index < -0.39 is 6.11 Å². The Balaban J connectivity index is 1.93. The van der Waals surface area contributed by atoms with Crippen molar-refractivity contribution < 1.29 is 13.5 Å². The number of anilines is 1. The standard InChI is InChI=1S/C25H24F2N6O2/c1-4-30-24-31-13-17-14-33(18-7-10-20(28)16(11-18)12-29-3)23(34)21(22(17)32-24)15-5-8-19(9-6-15)35-25(2,26)27/h5-14,28-29H,4H2,1-3H3,(H,30,32)/b16-12-,28-20?. The lowest BCUT2D eigenvalue weighted by atomic mass is 10.0. The van der Waals surface area contributed by atoms with E-state index in [1.807, 2.05) is 6.92 Å². The van der Waals surface area contributed by atoms with Crippen LogP contribution in [-0.4, -0.2) is 39.9 Å². The van der Waals surface area contributed by atoms with Gasteiger partial charge in [0.2, 0.25) is 5.95 Å². The van der Waals surface area contributed by atoms with Crippen LogP contribution >= 0.6 is 0 Å². The van der Waals surface area contributed by atoms with Crippen LogP contribution in [0.25, 0.3) is 27.7 Å². The summed E-state index contributed by atoms with van der Waals surface area (Å²) in [5.74, 6) is 0.344. The highest BCUT2D eigenvalue weighted by Gasteiger charge is 2.23. The molecule has 180 valence electrons. The average Bonchev–Trinajstić information content (AvgIpc) is 2.80. The van der Waals surface area contributed by atoms with E-state index in [1.165, 1.54) is 16.7 Å². The second-order valence-electron chi connectivity index (χ2n) is 7.85. The maximum atomic E-state index is 13.8. The average molecular weight is 479 g/mol. The number of rotatable bonds is 7. The van der Waals surface area contributed by atoms with Crippen LogP contribution in [0.1, 0.15) is 13.8 Å². The van der Waals surface area contributed by atoms with Crippen LogP contribution in [0.5, 0.6) is 5.75 Å². The molecule has 3 aromatic rings. The first-order chi connectivity index (χ1) is 16.7. The Morgan fingerprint density at radius 1 is 1.23 bits per heavy atom. The molecule has 0 saturated heterocycles. The number of hydrogen-bond acceptors (Lipinski definition) is 7. The minimum Gasteiger partial charge on any atom is -0.433 e. The molecular weight excluding hydrogens is 454 g/mol. The van der Waals surface area contributed by atoms with E-state index in [-0.39, 0.29) is 16.9 Å². The summed E-state index contributed by atoms with van der Waals surface area (Å²) in [6.07, 6.45) is 6.63. The number of alkyl halides is 2. The molecule has 1 aliphatic carbocycles. The molecule has 2 heterocycles. The summed E-state index contributed by atoms with van der Waals surface area (Å²) in [5.41, 5.74) is 2.30. The molecule has 0 aliphatic heterocycles. The van der Waals surface area contributed by atoms with E-state index in [9.17, 15) is 13.6 Å². The van der Waals surface area contributed by atoms with Crippen LogP contribution in [0, 0.1) is 5.41 Å². The summed E-state index contributed by atoms with van der Waals surface area (Å²) in [6.45, 7) is 3.16. The summed E-state index contributed by atoms with van der Waals surface area (Å²) in [4.78, 5) is 22.7. The van der Waals surface area contributed by atoms with Crippen molar-refractivity contribution >= 4 is 28.3 Å². The maximum Gasteiger partial charge on any atom is 0.394 e. The number of ether oxygens (including phenoxy) is 1. The quantitative estimate of drug-likeness (QED) is 0.465. The topological polar surface area (TPSA) is 105 Å². The van der Waals surface area contributed by atoms with Gasteiger partial charge in [0, 0.05) is 55.8 Å². The molecule has 3 N–H and O–H groups in total. The van der Waals surface area contributed by atoms with Crippen molar-refractivity contribution in [2.24, 2.45) is 0 Å². The van der Waals surface area contributed by atoms with Crippen molar-refractivity contribution in [3.63, 3.8) is 0 Å². The predicted molar refractivity (Wildman–Crippen MR) is 133 cm³/mol. The van der Waals surface area contributed by atoms with E-state index in [4.69, 9.17) is 5.41 Å². The molecule has 1 aromatic carbocycles. The van der Waals surface area contributed by atoms with Gasteiger partial charge in [-0.1, -0.05) is 12.1 Å². The van der Waals surface area contributed by atoms with Crippen molar-refractivity contribution in [2.75, 3.05) is 18.9 Å². The van der Waals surface area contributed by atoms with Crippen molar-refractivity contribution in [3.05, 3.63) is 77.0 Å². The van der Waals surface area contributed by atoms with Gasteiger partial charge in [0.1, 0.15) is 5.75 Å². The molecule has 35 heavy (non-hydrogen) atoms. The first-order valence-electron chi connectivity index (χ1n) is 10.9. The lowest BCUT2D eigenvalue weighted by Crippen LogP contribution is -2.22. The minimum absolute atomic E-state index is 0.0249. The van der Waals surface area contributed by atoms with Gasteiger partial charge >= 0.3 is 6.11 Å². The molecule has 10 heteroatoms. The molecule has 0 bridgehead atoms. The van der Waals surface area contributed by atoms with Crippen molar-refractivity contribution in [3.8, 4) is 16.9 Å². The predicted octanol–water partition coefficient (Wildman–Crippen LogP) is 4.42. The first-order valence-corrected chi connectivity index (χ1v) is 10.9. The van der Waals surface area contributed by atoms with E-state index in [0.717, 1.165) is 0 Å². The molecule has 0 atom stereocenters. The van der Waals surface area contributed by atoms with Gasteiger partial charge in [-0.2, -0.15) is 8.78 Å². The molecule has 2 aromatic heterocycles. The van der Waals surface area contributed by atoms with Crippen LogP contribution in [0.3, 0.4) is 0 Å². The fraction of sp³-hybridized carbons (Fsp3) is 0.200. The molecular formula is C25H24F2N6O2. The number of aromatic nitrogens is 3. The molecule has 8 nitrogen and oxygen atoms in total. The number of hydrogen-bond donors (Lipinski definition) is 3. The zero-order valence-electron chi connectivity index (χ0n) is 19.4. The van der Waals surface area contributed by atoms with Crippen LogP contribution in [-0.2, 0) is 0 Å². The van der Waals surface area contributed by atoms with Crippen molar-refractivity contribution in [2.45, 2.75) is 20.0 Å². The fourth-order valence-electron chi connectivity index (χ4n) is 3.67. The van der Waals surface area contributed by atoms with Gasteiger partial charge in [-0.3, -0.25) is 9.36 Å². The highest BCUT2D eigenvalue weighted by Crippen LogP contribution is 2.29. The molecule has 0 radical (unpaired) electrons. The van der Waals surface area contributed by atoms with Gasteiger partial charge in [-0.05, 0) is 42.8 Å². The van der Waals surface area contributed by atoms with Crippen LogP contribution in [0.4, 0.5) is 14.7 Å². The Bertz CT molecular complexity index is 1430. The molecule has 4 rings (SSSR count). The molecule has 1 aliphatic rings. The first kappa shape index (κ1) is 23.8. The lowest BCUT2D eigenvalue weighted by molar-refractivity contribution is -0.158. The summed E-state index contributed by atoms with van der Waals surface area (Å²) < 4.78 is 32.6. The zero-order chi connectivity index (χ0) is 25.2. The highest BCUT2D eigenvalue weighted by molar-refractivity contribution is 6.12. The normalized spacial score (nSPS) is 14.8. The number of benzene rings is 1. The fourth-order valence-corrected chi connectivity index (χ4v) is 3.67. The summed E-state index contributed by atoms with van der Waals surface area (Å²) >= 11 is 0. The van der Waals surface area contributed by atoms with Gasteiger partial charge in [0.05, 0.1) is 16.8 Å². The van der Waals surface area contributed by atoms with Crippen molar-refractivity contribution in [1.29, 1.82) is 5.41 Å². The van der Waals surface area contributed by atoms with E-state index >= 15 is 0 Å². The maximum absolute atomic E-state index is 13.8. The van der Waals surface area contributed by atoms with Crippen molar-refractivity contribution in [1.82, 2.24) is 19.9 Å². The van der Waals surface area contributed by atoms with E-state index in [2.05, 4.69) is 25.3 Å². The smallest absolute Gasteiger partial charge is 0.394 e. The third-order valence-electron chi connectivity index (χ3n) is 5.14. The van der Waals surface area contributed by atoms with Gasteiger partial charge < -0.3 is 20.8 Å². The number of nitrogens with one attached hydrogen (secondary N) is 3. The molecule has 0 unspecified atom stereocenters. The summed E-state index contributed by atoms with van der Waals surface area (Å²) in [5, 5.41) is 14.6. The number of fused-ring (bicyclic) bond motifs is 1. The van der Waals surface area contributed by atoms with Crippen LogP contribution in [0.2, 0.25) is 0 Å². The number of allylic oxidation sites excluding steroid dienone is 5. The third-order valence-corrected chi connectivity index (χ3v) is 5.14. The van der Waals surface area contributed by atoms with Crippen LogP contribution < -0.4 is 20.9 Å². The highest BCUT2D eigenvalue weighted by atomic mass is 19.3. The van der Waals surface area contributed by atoms with Gasteiger partial charge in [0.15, 0.2) is 0 Å². The Labute approximate surface area is 200 Å². The number of nitrogens with zero attached hydrogens (tertiary/aromatic N) is 3. The minimum atomic E-state index is -3.33. The second-order valence-corrected chi connectivity index (χ2v) is 7.85. The lowest BCUT2D eigenvalue weighted by Gasteiger charge is -2.17. The van der Waals surface area contributed by atoms with Gasteiger partial charge in [-0.25, -0.2) is 9.97 Å².